The maximum atomic E-state index is 10.9. The average molecular weight is 277 g/mol. The van der Waals surface area contributed by atoms with Crippen LogP contribution in [0.3, 0.4) is 0 Å². The molecule has 2 rings (SSSR count). The average Bonchev–Trinajstić information content (AvgIpc) is 2.90. The smallest absolute Gasteiger partial charge is 0.276 e. The summed E-state index contributed by atoms with van der Waals surface area (Å²) in [6.07, 6.45) is 1.32. The topological polar surface area (TPSA) is 125 Å². The molecule has 0 spiro atoms. The van der Waals surface area contributed by atoms with E-state index in [0.717, 1.165) is 0 Å². The third-order valence-electron chi connectivity index (χ3n) is 2.72. The van der Waals surface area contributed by atoms with E-state index >= 15 is 0 Å². The number of hydrogen-bond donors (Lipinski definition) is 2. The van der Waals surface area contributed by atoms with E-state index in [0.29, 0.717) is 30.3 Å². The summed E-state index contributed by atoms with van der Waals surface area (Å²) in [5, 5.41) is 15.2. The van der Waals surface area contributed by atoms with Crippen molar-refractivity contribution in [1.29, 1.82) is 0 Å². The maximum Gasteiger partial charge on any atom is 0.276 e. The Balaban J connectivity index is 2.59. The summed E-state index contributed by atoms with van der Waals surface area (Å²) < 4.78 is 1.51. The predicted octanol–water partition coefficient (Wildman–Crippen LogP) is 0.981. The van der Waals surface area contributed by atoms with E-state index in [9.17, 15) is 10.1 Å². The zero-order valence-corrected chi connectivity index (χ0v) is 11.2. The number of pyridine rings is 1. The van der Waals surface area contributed by atoms with Crippen LogP contribution in [0.1, 0.15) is 25.5 Å². The summed E-state index contributed by atoms with van der Waals surface area (Å²) in [6.45, 7) is 3.87. The van der Waals surface area contributed by atoms with Crippen LogP contribution in [-0.4, -0.2) is 24.7 Å². The highest BCUT2D eigenvalue weighted by Gasteiger charge is 2.16. The van der Waals surface area contributed by atoms with E-state index in [-0.39, 0.29) is 11.5 Å². The van der Waals surface area contributed by atoms with Crippen LogP contribution >= 0.6 is 0 Å². The Morgan fingerprint density at radius 3 is 2.65 bits per heavy atom. The molecule has 0 aliphatic rings. The van der Waals surface area contributed by atoms with Gasteiger partial charge in [0.25, 0.3) is 5.69 Å². The molecule has 3 N–H and O–H groups in total. The number of nitrogens with two attached hydrogens (primary N) is 1. The van der Waals surface area contributed by atoms with Crippen molar-refractivity contribution in [2.24, 2.45) is 5.84 Å². The van der Waals surface area contributed by atoms with Gasteiger partial charge in [0.05, 0.1) is 17.1 Å². The molecule has 0 aliphatic carbocycles. The fourth-order valence-electron chi connectivity index (χ4n) is 1.74. The molecule has 9 nitrogen and oxygen atoms in total. The van der Waals surface area contributed by atoms with Gasteiger partial charge in [-0.3, -0.25) is 10.1 Å². The number of nitro groups is 1. The molecule has 0 saturated carbocycles. The molecule has 20 heavy (non-hydrogen) atoms. The van der Waals surface area contributed by atoms with Gasteiger partial charge in [-0.2, -0.15) is 4.68 Å². The van der Waals surface area contributed by atoms with Crippen LogP contribution in [0.5, 0.6) is 0 Å². The third-order valence-corrected chi connectivity index (χ3v) is 2.72. The lowest BCUT2D eigenvalue weighted by atomic mass is 10.3. The molecule has 0 bridgehead atoms. The summed E-state index contributed by atoms with van der Waals surface area (Å²) in [5.41, 5.74) is 2.20. The highest BCUT2D eigenvalue weighted by Crippen LogP contribution is 2.20. The molecule has 2 aromatic rings. The molecule has 0 aliphatic heterocycles. The van der Waals surface area contributed by atoms with Crippen molar-refractivity contribution in [3.63, 3.8) is 0 Å². The molecule has 2 heterocycles. The Labute approximate surface area is 115 Å². The summed E-state index contributed by atoms with van der Waals surface area (Å²) in [4.78, 5) is 19.0. The maximum absolute atomic E-state index is 10.9. The second kappa shape index (κ2) is 5.61. The molecular weight excluding hydrogens is 262 g/mol. The third kappa shape index (κ3) is 2.57. The van der Waals surface area contributed by atoms with Gasteiger partial charge in [0, 0.05) is 12.8 Å². The van der Waals surface area contributed by atoms with Crippen molar-refractivity contribution < 1.29 is 4.92 Å². The standard InChI is InChI=1S/C11H15N7O2/c1-3-8-13-10(4-2)17(16-8)11-6-7(18(19)20)5-9(14-11)15-12/h5-6H,3-4,12H2,1-2H3,(H,14,15). The molecule has 0 fully saturated rings. The number of aryl methyl sites for hydroxylation is 2. The molecule has 0 radical (unpaired) electrons. The fraction of sp³-hybridized carbons (Fsp3) is 0.364. The monoisotopic (exact) mass is 277 g/mol. The number of hydrazine groups is 1. The van der Waals surface area contributed by atoms with Gasteiger partial charge in [0.15, 0.2) is 11.6 Å². The highest BCUT2D eigenvalue weighted by molar-refractivity contribution is 5.49. The summed E-state index contributed by atoms with van der Waals surface area (Å²) in [5.74, 6) is 7.16. The van der Waals surface area contributed by atoms with Crippen LogP contribution in [0.15, 0.2) is 12.1 Å². The molecule has 0 amide bonds. The van der Waals surface area contributed by atoms with Crippen LogP contribution in [0.2, 0.25) is 0 Å². The zero-order valence-electron chi connectivity index (χ0n) is 11.2. The van der Waals surface area contributed by atoms with Gasteiger partial charge in [-0.15, -0.1) is 5.10 Å². The first-order valence-electron chi connectivity index (χ1n) is 6.17. The Kier molecular flexibility index (Phi) is 3.89. The van der Waals surface area contributed by atoms with Crippen LogP contribution in [0, 0.1) is 10.1 Å². The second-order valence-corrected chi connectivity index (χ2v) is 4.03. The van der Waals surface area contributed by atoms with Crippen LogP contribution in [0.25, 0.3) is 5.82 Å². The SMILES string of the molecule is CCc1nc(CC)n(-c2cc([N+](=O)[O-])cc(NN)n2)n1. The van der Waals surface area contributed by atoms with Gasteiger partial charge < -0.3 is 5.43 Å². The van der Waals surface area contributed by atoms with Gasteiger partial charge in [-0.1, -0.05) is 13.8 Å². The lowest BCUT2D eigenvalue weighted by molar-refractivity contribution is -0.384. The summed E-state index contributed by atoms with van der Waals surface area (Å²) in [7, 11) is 0. The first-order chi connectivity index (χ1) is 9.58. The minimum absolute atomic E-state index is 0.112. The molecular formula is C11H15N7O2. The van der Waals surface area contributed by atoms with E-state index in [1.54, 1.807) is 0 Å². The molecule has 0 aromatic carbocycles. The molecule has 106 valence electrons. The second-order valence-electron chi connectivity index (χ2n) is 4.03. The Morgan fingerprint density at radius 1 is 1.35 bits per heavy atom. The molecule has 9 heteroatoms. The van der Waals surface area contributed by atoms with Crippen molar-refractivity contribution >= 4 is 11.5 Å². The largest absolute Gasteiger partial charge is 0.308 e. The van der Waals surface area contributed by atoms with E-state index in [4.69, 9.17) is 5.84 Å². The number of nitrogen functional groups attached to an aromatic ring is 1. The van der Waals surface area contributed by atoms with Gasteiger partial charge in [0.1, 0.15) is 11.6 Å². The van der Waals surface area contributed by atoms with Crippen molar-refractivity contribution in [1.82, 2.24) is 19.7 Å². The fourth-order valence-corrected chi connectivity index (χ4v) is 1.74. The molecule has 2 aromatic heterocycles. The normalized spacial score (nSPS) is 10.6. The Hall–Kier alpha value is -2.55. The van der Waals surface area contributed by atoms with Crippen LogP contribution in [-0.2, 0) is 12.8 Å². The Bertz CT molecular complexity index is 638. The Morgan fingerprint density at radius 2 is 2.10 bits per heavy atom. The van der Waals surface area contributed by atoms with Crippen LogP contribution in [0.4, 0.5) is 11.5 Å². The molecule has 0 unspecified atom stereocenters. The number of nitrogens with zero attached hydrogens (tertiary/aromatic N) is 5. The van der Waals surface area contributed by atoms with E-state index < -0.39 is 4.92 Å². The lowest BCUT2D eigenvalue weighted by Crippen LogP contribution is -2.12. The van der Waals surface area contributed by atoms with Crippen molar-refractivity contribution in [3.05, 3.63) is 33.9 Å². The highest BCUT2D eigenvalue weighted by atomic mass is 16.6. The number of hydrogen-bond acceptors (Lipinski definition) is 7. The van der Waals surface area contributed by atoms with Crippen molar-refractivity contribution in [2.45, 2.75) is 26.7 Å². The van der Waals surface area contributed by atoms with E-state index in [2.05, 4.69) is 20.5 Å². The van der Waals surface area contributed by atoms with Crippen LogP contribution < -0.4 is 11.3 Å². The van der Waals surface area contributed by atoms with Gasteiger partial charge in [-0.05, 0) is 0 Å². The van der Waals surface area contributed by atoms with Gasteiger partial charge in [-0.25, -0.2) is 15.8 Å². The number of aromatic nitrogens is 4. The lowest BCUT2D eigenvalue weighted by Gasteiger charge is -2.06. The number of nitrogens with one attached hydrogen (secondary N) is 1. The quantitative estimate of drug-likeness (QED) is 0.474. The minimum atomic E-state index is -0.505. The van der Waals surface area contributed by atoms with E-state index in [1.807, 2.05) is 13.8 Å². The zero-order chi connectivity index (χ0) is 14.7. The van der Waals surface area contributed by atoms with Crippen molar-refractivity contribution in [3.8, 4) is 5.82 Å². The first-order valence-corrected chi connectivity index (χ1v) is 6.17. The van der Waals surface area contributed by atoms with Crippen molar-refractivity contribution in [2.75, 3.05) is 5.43 Å². The first kappa shape index (κ1) is 13.9. The van der Waals surface area contributed by atoms with Gasteiger partial charge in [0.2, 0.25) is 0 Å². The molecule has 0 saturated heterocycles. The minimum Gasteiger partial charge on any atom is -0.308 e. The summed E-state index contributed by atoms with van der Waals surface area (Å²) >= 11 is 0. The van der Waals surface area contributed by atoms with E-state index in [1.165, 1.54) is 16.8 Å². The predicted molar refractivity (Wildman–Crippen MR) is 72.4 cm³/mol. The number of anilines is 1. The summed E-state index contributed by atoms with van der Waals surface area (Å²) in [6, 6.07) is 2.60. The molecule has 0 atom stereocenters. The number of rotatable bonds is 5. The van der Waals surface area contributed by atoms with Gasteiger partial charge >= 0.3 is 0 Å².